The first-order valence-corrected chi connectivity index (χ1v) is 8.69. The highest BCUT2D eigenvalue weighted by molar-refractivity contribution is 9.10. The van der Waals surface area contributed by atoms with Gasteiger partial charge >= 0.3 is 0 Å². The normalized spacial score (nSPS) is 11.1. The van der Waals surface area contributed by atoms with Crippen LogP contribution in [-0.2, 0) is 6.54 Å². The largest absolute Gasteiger partial charge is 0.347 e. The lowest BCUT2D eigenvalue weighted by Gasteiger charge is -2.09. The van der Waals surface area contributed by atoms with Crippen LogP contribution in [0.1, 0.15) is 6.92 Å². The van der Waals surface area contributed by atoms with E-state index in [0.717, 1.165) is 22.1 Å². The second-order valence-corrected chi connectivity index (χ2v) is 6.52. The summed E-state index contributed by atoms with van der Waals surface area (Å²) in [5.41, 5.74) is 2.02. The van der Waals surface area contributed by atoms with Crippen LogP contribution in [0.15, 0.2) is 68.5 Å². The molecule has 0 radical (unpaired) electrons. The Morgan fingerprint density at radius 1 is 1.16 bits per heavy atom. The fourth-order valence-electron chi connectivity index (χ4n) is 2.84. The van der Waals surface area contributed by atoms with E-state index in [2.05, 4.69) is 26.1 Å². The Morgan fingerprint density at radius 3 is 2.80 bits per heavy atom. The van der Waals surface area contributed by atoms with Crippen molar-refractivity contribution < 1.29 is 4.52 Å². The van der Waals surface area contributed by atoms with Gasteiger partial charge in [0.05, 0.1) is 5.52 Å². The van der Waals surface area contributed by atoms with E-state index >= 15 is 0 Å². The van der Waals surface area contributed by atoms with Gasteiger partial charge in [0, 0.05) is 28.2 Å². The molecule has 2 aromatic carbocycles. The molecule has 0 unspecified atom stereocenters. The van der Waals surface area contributed by atoms with Crippen LogP contribution in [0.2, 0.25) is 0 Å². The summed E-state index contributed by atoms with van der Waals surface area (Å²) >= 11 is 3.43. The van der Waals surface area contributed by atoms with Gasteiger partial charge in [-0.3, -0.25) is 4.79 Å². The van der Waals surface area contributed by atoms with Gasteiger partial charge in [-0.05, 0) is 31.2 Å². The van der Waals surface area contributed by atoms with E-state index < -0.39 is 0 Å². The lowest BCUT2D eigenvalue weighted by Crippen LogP contribution is -2.11. The topological polar surface area (TPSA) is 60.9 Å². The summed E-state index contributed by atoms with van der Waals surface area (Å²) in [6.45, 7) is 2.77. The van der Waals surface area contributed by atoms with Crippen LogP contribution in [0.5, 0.6) is 0 Å². The van der Waals surface area contributed by atoms with E-state index in [1.165, 1.54) is 0 Å². The summed E-state index contributed by atoms with van der Waals surface area (Å²) in [6.07, 6.45) is 1.78. The maximum Gasteiger partial charge on any atom is 0.263 e. The van der Waals surface area contributed by atoms with Gasteiger partial charge in [0.25, 0.3) is 5.89 Å². The molecule has 0 bridgehead atoms. The summed E-state index contributed by atoms with van der Waals surface area (Å²) in [4.78, 5) is 17.3. The lowest BCUT2D eigenvalue weighted by atomic mass is 10.1. The van der Waals surface area contributed by atoms with Crippen molar-refractivity contribution in [2.45, 2.75) is 13.5 Å². The molecule has 0 saturated heterocycles. The molecule has 5 nitrogen and oxygen atoms in total. The molecule has 4 aromatic rings. The van der Waals surface area contributed by atoms with Crippen molar-refractivity contribution in [1.29, 1.82) is 0 Å². The van der Waals surface area contributed by atoms with Crippen LogP contribution < -0.4 is 5.43 Å². The minimum Gasteiger partial charge on any atom is -0.347 e. The molecule has 124 valence electrons. The van der Waals surface area contributed by atoms with Crippen LogP contribution >= 0.6 is 15.9 Å². The zero-order valence-electron chi connectivity index (χ0n) is 13.4. The fraction of sp³-hybridized carbons (Fsp3) is 0.105. The number of rotatable bonds is 3. The van der Waals surface area contributed by atoms with Crippen molar-refractivity contribution in [2.24, 2.45) is 0 Å². The van der Waals surface area contributed by atoms with Gasteiger partial charge in [-0.15, -0.1) is 0 Å². The van der Waals surface area contributed by atoms with Gasteiger partial charge in [0.2, 0.25) is 11.3 Å². The number of para-hydroxylation sites is 1. The molecular weight excluding hydrogens is 382 g/mol. The van der Waals surface area contributed by atoms with E-state index in [1.807, 2.05) is 60.0 Å². The van der Waals surface area contributed by atoms with Crippen LogP contribution in [0.4, 0.5) is 0 Å². The third-order valence-electron chi connectivity index (χ3n) is 4.07. The summed E-state index contributed by atoms with van der Waals surface area (Å²) in [5, 5.41) is 4.67. The molecule has 0 amide bonds. The Kier molecular flexibility index (Phi) is 3.97. The van der Waals surface area contributed by atoms with Gasteiger partial charge in [-0.2, -0.15) is 4.98 Å². The summed E-state index contributed by atoms with van der Waals surface area (Å²) < 4.78 is 8.32. The predicted molar refractivity (Wildman–Crippen MR) is 100 cm³/mol. The molecule has 4 rings (SSSR count). The maximum atomic E-state index is 12.8. The van der Waals surface area contributed by atoms with Crippen molar-refractivity contribution in [3.63, 3.8) is 0 Å². The van der Waals surface area contributed by atoms with Crippen molar-refractivity contribution in [3.8, 4) is 22.8 Å². The molecule has 2 heterocycles. The molecule has 0 spiro atoms. The third kappa shape index (κ3) is 2.78. The molecule has 25 heavy (non-hydrogen) atoms. The first-order valence-electron chi connectivity index (χ1n) is 7.89. The molecule has 0 fully saturated rings. The van der Waals surface area contributed by atoms with Crippen LogP contribution in [0, 0.1) is 0 Å². The number of hydrogen-bond acceptors (Lipinski definition) is 4. The molecule has 0 aliphatic rings. The summed E-state index contributed by atoms with van der Waals surface area (Å²) in [6, 6.07) is 15.1. The lowest BCUT2D eigenvalue weighted by molar-refractivity contribution is 0.431. The number of hydrogen-bond donors (Lipinski definition) is 0. The first-order chi connectivity index (χ1) is 12.2. The van der Waals surface area contributed by atoms with Gasteiger partial charge in [-0.1, -0.05) is 45.4 Å². The average molecular weight is 396 g/mol. The molecule has 6 heteroatoms. The minimum atomic E-state index is -0.107. The van der Waals surface area contributed by atoms with Crippen LogP contribution in [0.3, 0.4) is 0 Å². The number of halogens is 1. The van der Waals surface area contributed by atoms with E-state index in [9.17, 15) is 4.79 Å². The zero-order chi connectivity index (χ0) is 17.4. The predicted octanol–water partition coefficient (Wildman–Crippen LogP) is 4.50. The Bertz CT molecular complexity index is 1130. The first kappa shape index (κ1) is 15.8. The van der Waals surface area contributed by atoms with Crippen molar-refractivity contribution in [1.82, 2.24) is 14.7 Å². The summed E-state index contributed by atoms with van der Waals surface area (Å²) in [5.74, 6) is 0.680. The molecular formula is C19H14BrN3O2. The Hall–Kier alpha value is -2.73. The van der Waals surface area contributed by atoms with Crippen LogP contribution in [0.25, 0.3) is 33.7 Å². The number of benzene rings is 2. The van der Waals surface area contributed by atoms with E-state index in [0.29, 0.717) is 16.8 Å². The van der Waals surface area contributed by atoms with Crippen molar-refractivity contribution >= 4 is 26.8 Å². The van der Waals surface area contributed by atoms with Crippen molar-refractivity contribution in [3.05, 3.63) is 69.4 Å². The van der Waals surface area contributed by atoms with E-state index in [1.54, 1.807) is 6.20 Å². The van der Waals surface area contributed by atoms with Crippen molar-refractivity contribution in [2.75, 3.05) is 0 Å². The fourth-order valence-corrected chi connectivity index (χ4v) is 3.24. The smallest absolute Gasteiger partial charge is 0.263 e. The summed E-state index contributed by atoms with van der Waals surface area (Å²) in [7, 11) is 0. The second-order valence-electron chi connectivity index (χ2n) is 5.61. The Labute approximate surface area is 152 Å². The highest BCUT2D eigenvalue weighted by atomic mass is 79.9. The highest BCUT2D eigenvalue weighted by Gasteiger charge is 2.16. The van der Waals surface area contributed by atoms with Crippen LogP contribution in [-0.4, -0.2) is 14.7 Å². The molecule has 0 aliphatic heterocycles. The van der Waals surface area contributed by atoms with E-state index in [-0.39, 0.29) is 11.3 Å². The molecule has 0 aliphatic carbocycles. The van der Waals surface area contributed by atoms with Gasteiger partial charge in [0.1, 0.15) is 5.56 Å². The van der Waals surface area contributed by atoms with Gasteiger partial charge in [-0.25, -0.2) is 0 Å². The second kappa shape index (κ2) is 6.29. The molecule has 0 N–H and O–H groups in total. The third-order valence-corrected chi connectivity index (χ3v) is 4.56. The van der Waals surface area contributed by atoms with Gasteiger partial charge in [0.15, 0.2) is 0 Å². The SMILES string of the molecule is CCn1cc(-c2nc(-c3cccc(Br)c3)no2)c(=O)c2ccccc21. The molecule has 2 aromatic heterocycles. The highest BCUT2D eigenvalue weighted by Crippen LogP contribution is 2.24. The number of fused-ring (bicyclic) bond motifs is 1. The van der Waals surface area contributed by atoms with Gasteiger partial charge < -0.3 is 9.09 Å². The number of nitrogens with zero attached hydrogens (tertiary/aromatic N) is 3. The quantitative estimate of drug-likeness (QED) is 0.512. The Balaban J connectivity index is 1.88. The zero-order valence-corrected chi connectivity index (χ0v) is 15.0. The monoisotopic (exact) mass is 395 g/mol. The number of aryl methyl sites for hydroxylation is 1. The number of pyridine rings is 1. The molecule has 0 atom stereocenters. The van der Waals surface area contributed by atoms with E-state index in [4.69, 9.17) is 4.52 Å². The average Bonchev–Trinajstić information content (AvgIpc) is 3.12. The minimum absolute atomic E-state index is 0.107. The maximum absolute atomic E-state index is 12.8. The Morgan fingerprint density at radius 2 is 2.00 bits per heavy atom. The standard InChI is InChI=1S/C19H14BrN3O2/c1-2-23-11-15(17(24)14-8-3-4-9-16(14)23)19-21-18(22-25-19)12-6-5-7-13(20)10-12/h3-11H,2H2,1H3. The molecule has 0 saturated carbocycles. The number of aromatic nitrogens is 3.